The Bertz CT molecular complexity index is 85.0. The molecule has 1 rings (SSSR count). The van der Waals surface area contributed by atoms with Crippen molar-refractivity contribution in [2.24, 2.45) is 5.92 Å². The number of rotatable bonds is 1. The van der Waals surface area contributed by atoms with Gasteiger partial charge in [-0.1, -0.05) is 28.8 Å². The third-order valence-electron chi connectivity index (χ3n) is 2.01. The van der Waals surface area contributed by atoms with Crippen molar-refractivity contribution in [3.8, 4) is 0 Å². The summed E-state index contributed by atoms with van der Waals surface area (Å²) in [5.74, 6) is 0.304. The fraction of sp³-hybridized carbons (Fsp3) is 1.00. The van der Waals surface area contributed by atoms with Gasteiger partial charge in [0.1, 0.15) is 6.17 Å². The second-order valence-corrected chi connectivity index (χ2v) is 3.36. The Morgan fingerprint density at radius 1 is 1.33 bits per heavy atom. The minimum absolute atomic E-state index is 0.304. The molecule has 1 saturated carbocycles. The number of hydrogen-bond donors (Lipinski definition) is 0. The van der Waals surface area contributed by atoms with Crippen LogP contribution in [0.2, 0.25) is 0 Å². The van der Waals surface area contributed by atoms with Crippen molar-refractivity contribution in [1.82, 2.24) is 0 Å². The fourth-order valence-electron chi connectivity index (χ4n) is 1.34. The SMILES string of the molecule is FC1CCCCC1CBr. The Balaban J connectivity index is 2.30. The number of hydrogen-bond acceptors (Lipinski definition) is 0. The van der Waals surface area contributed by atoms with Crippen LogP contribution in [0, 0.1) is 5.92 Å². The number of halogens is 2. The van der Waals surface area contributed by atoms with E-state index in [2.05, 4.69) is 15.9 Å². The largest absolute Gasteiger partial charge is 0.247 e. The molecular formula is C7H12BrF. The minimum atomic E-state index is -0.530. The van der Waals surface area contributed by atoms with Gasteiger partial charge in [-0.2, -0.15) is 0 Å². The van der Waals surface area contributed by atoms with Crippen LogP contribution in [0.25, 0.3) is 0 Å². The molecule has 0 heterocycles. The molecule has 54 valence electrons. The first-order chi connectivity index (χ1) is 4.34. The third kappa shape index (κ3) is 1.92. The second-order valence-electron chi connectivity index (χ2n) is 2.71. The molecule has 0 radical (unpaired) electrons. The zero-order valence-electron chi connectivity index (χ0n) is 5.45. The van der Waals surface area contributed by atoms with Crippen LogP contribution in [0.5, 0.6) is 0 Å². The molecule has 2 unspecified atom stereocenters. The van der Waals surface area contributed by atoms with Gasteiger partial charge in [0.25, 0.3) is 0 Å². The summed E-state index contributed by atoms with van der Waals surface area (Å²) in [4.78, 5) is 0. The zero-order chi connectivity index (χ0) is 6.69. The van der Waals surface area contributed by atoms with Crippen LogP contribution in [0.3, 0.4) is 0 Å². The van der Waals surface area contributed by atoms with Gasteiger partial charge in [0.2, 0.25) is 0 Å². The smallest absolute Gasteiger partial charge is 0.104 e. The van der Waals surface area contributed by atoms with Gasteiger partial charge in [-0.05, 0) is 18.8 Å². The van der Waals surface area contributed by atoms with Gasteiger partial charge < -0.3 is 0 Å². The van der Waals surface area contributed by atoms with Crippen LogP contribution in [-0.4, -0.2) is 11.5 Å². The quantitative estimate of drug-likeness (QED) is 0.564. The van der Waals surface area contributed by atoms with Gasteiger partial charge in [-0.25, -0.2) is 4.39 Å². The van der Waals surface area contributed by atoms with Crippen molar-refractivity contribution in [1.29, 1.82) is 0 Å². The van der Waals surface area contributed by atoms with E-state index in [-0.39, 0.29) is 0 Å². The molecule has 0 bridgehead atoms. The van der Waals surface area contributed by atoms with E-state index in [1.165, 1.54) is 6.42 Å². The molecule has 0 N–H and O–H groups in total. The molecule has 0 saturated heterocycles. The van der Waals surface area contributed by atoms with Crippen molar-refractivity contribution in [2.75, 3.05) is 5.33 Å². The Labute approximate surface area is 64.0 Å². The van der Waals surface area contributed by atoms with Crippen molar-refractivity contribution in [3.63, 3.8) is 0 Å². The van der Waals surface area contributed by atoms with Crippen LogP contribution < -0.4 is 0 Å². The molecule has 9 heavy (non-hydrogen) atoms. The molecule has 0 spiro atoms. The van der Waals surface area contributed by atoms with Gasteiger partial charge in [0, 0.05) is 5.33 Å². The van der Waals surface area contributed by atoms with Crippen molar-refractivity contribution < 1.29 is 4.39 Å². The van der Waals surface area contributed by atoms with Crippen molar-refractivity contribution >= 4 is 15.9 Å². The van der Waals surface area contributed by atoms with Crippen molar-refractivity contribution in [2.45, 2.75) is 31.9 Å². The predicted octanol–water partition coefficient (Wildman–Crippen LogP) is 2.91. The predicted molar refractivity (Wildman–Crippen MR) is 40.6 cm³/mol. The van der Waals surface area contributed by atoms with Crippen LogP contribution in [0.4, 0.5) is 4.39 Å². The Kier molecular flexibility index (Phi) is 2.96. The lowest BCUT2D eigenvalue weighted by molar-refractivity contribution is 0.183. The highest BCUT2D eigenvalue weighted by atomic mass is 79.9. The average Bonchev–Trinajstić information content (AvgIpc) is 1.89. The summed E-state index contributed by atoms with van der Waals surface area (Å²) in [5.41, 5.74) is 0. The molecule has 2 heteroatoms. The summed E-state index contributed by atoms with van der Waals surface area (Å²) in [5, 5.41) is 0.841. The highest BCUT2D eigenvalue weighted by Gasteiger charge is 2.22. The van der Waals surface area contributed by atoms with E-state index < -0.39 is 6.17 Å². The van der Waals surface area contributed by atoms with Crippen LogP contribution in [-0.2, 0) is 0 Å². The molecule has 0 aromatic rings. The second kappa shape index (κ2) is 3.55. The fourth-order valence-corrected chi connectivity index (χ4v) is 2.07. The standard InChI is InChI=1S/C7H12BrF/c8-5-6-3-1-2-4-7(6)9/h6-7H,1-5H2. The monoisotopic (exact) mass is 194 g/mol. The molecule has 1 aliphatic carbocycles. The molecule has 1 aliphatic rings. The first-order valence-corrected chi connectivity index (χ1v) is 4.67. The highest BCUT2D eigenvalue weighted by molar-refractivity contribution is 9.09. The molecule has 0 aromatic carbocycles. The maximum atomic E-state index is 12.8. The van der Waals surface area contributed by atoms with Crippen molar-refractivity contribution in [3.05, 3.63) is 0 Å². The zero-order valence-corrected chi connectivity index (χ0v) is 7.03. The first-order valence-electron chi connectivity index (χ1n) is 3.54. The van der Waals surface area contributed by atoms with E-state index in [0.717, 1.165) is 24.6 Å². The lowest BCUT2D eigenvalue weighted by atomic mass is 9.89. The third-order valence-corrected chi connectivity index (χ3v) is 2.85. The Morgan fingerprint density at radius 2 is 2.00 bits per heavy atom. The van der Waals surface area contributed by atoms with Crippen LogP contribution >= 0.6 is 15.9 Å². The summed E-state index contributed by atoms with van der Waals surface area (Å²) in [6.07, 6.45) is 3.64. The van der Waals surface area contributed by atoms with Gasteiger partial charge in [0.15, 0.2) is 0 Å². The number of alkyl halides is 2. The maximum absolute atomic E-state index is 12.8. The van der Waals surface area contributed by atoms with Gasteiger partial charge in [0.05, 0.1) is 0 Å². The molecule has 0 nitrogen and oxygen atoms in total. The molecule has 2 atom stereocenters. The molecule has 1 fully saturated rings. The van der Waals surface area contributed by atoms with Gasteiger partial charge >= 0.3 is 0 Å². The van der Waals surface area contributed by atoms with E-state index in [1.807, 2.05) is 0 Å². The summed E-state index contributed by atoms with van der Waals surface area (Å²) < 4.78 is 12.8. The van der Waals surface area contributed by atoms with E-state index >= 15 is 0 Å². The molecule has 0 aromatic heterocycles. The summed E-state index contributed by atoms with van der Waals surface area (Å²) >= 11 is 3.31. The van der Waals surface area contributed by atoms with Crippen LogP contribution in [0.1, 0.15) is 25.7 Å². The first kappa shape index (κ1) is 7.52. The van der Waals surface area contributed by atoms with Gasteiger partial charge in [-0.3, -0.25) is 0 Å². The van der Waals surface area contributed by atoms with Crippen LogP contribution in [0.15, 0.2) is 0 Å². The maximum Gasteiger partial charge on any atom is 0.104 e. The lowest BCUT2D eigenvalue weighted by Gasteiger charge is -2.23. The summed E-state index contributed by atoms with van der Waals surface area (Å²) in [7, 11) is 0. The molecule has 0 aliphatic heterocycles. The van der Waals surface area contributed by atoms with Gasteiger partial charge in [-0.15, -0.1) is 0 Å². The molecular weight excluding hydrogens is 183 g/mol. The molecule has 0 amide bonds. The topological polar surface area (TPSA) is 0 Å². The normalized spacial score (nSPS) is 36.7. The van der Waals surface area contributed by atoms with E-state index in [1.54, 1.807) is 0 Å². The van der Waals surface area contributed by atoms with E-state index in [4.69, 9.17) is 0 Å². The average molecular weight is 195 g/mol. The Hall–Kier alpha value is 0.410. The van der Waals surface area contributed by atoms with E-state index in [0.29, 0.717) is 5.92 Å². The summed E-state index contributed by atoms with van der Waals surface area (Å²) in [6, 6.07) is 0. The lowest BCUT2D eigenvalue weighted by Crippen LogP contribution is -2.21. The Morgan fingerprint density at radius 3 is 2.44 bits per heavy atom. The highest BCUT2D eigenvalue weighted by Crippen LogP contribution is 2.27. The van der Waals surface area contributed by atoms with E-state index in [9.17, 15) is 4.39 Å². The minimum Gasteiger partial charge on any atom is -0.247 e. The summed E-state index contributed by atoms with van der Waals surface area (Å²) in [6.45, 7) is 0.